The molecule has 0 aliphatic rings. The molecular formula is C8H3BrCl2N2. The summed E-state index contributed by atoms with van der Waals surface area (Å²) in [6.07, 6.45) is 1.49. The molecule has 0 saturated carbocycles. The second-order valence-electron chi connectivity index (χ2n) is 2.48. The van der Waals surface area contributed by atoms with Gasteiger partial charge in [0.05, 0.1) is 21.8 Å². The summed E-state index contributed by atoms with van der Waals surface area (Å²) >= 11 is 15.1. The van der Waals surface area contributed by atoms with E-state index in [1.54, 1.807) is 12.1 Å². The predicted octanol–water partition coefficient (Wildman–Crippen LogP) is 3.70. The lowest BCUT2D eigenvalue weighted by molar-refractivity contribution is 1.08. The van der Waals surface area contributed by atoms with Crippen LogP contribution >= 0.6 is 39.1 Å². The van der Waals surface area contributed by atoms with Gasteiger partial charge in [0.1, 0.15) is 0 Å². The zero-order chi connectivity index (χ0) is 9.42. The number of rotatable bonds is 0. The lowest BCUT2D eigenvalue weighted by Crippen LogP contribution is -1.84. The van der Waals surface area contributed by atoms with E-state index in [0.29, 0.717) is 10.0 Å². The standard InChI is InChI=1S/C8H3BrCl2N2/c9-5-2-8-4(1-6(5)10)7(11)3-12-13-8/h1-3H. The van der Waals surface area contributed by atoms with E-state index in [0.717, 1.165) is 15.4 Å². The number of benzene rings is 1. The highest BCUT2D eigenvalue weighted by Crippen LogP contribution is 2.29. The molecule has 0 aliphatic carbocycles. The first-order chi connectivity index (χ1) is 6.18. The fourth-order valence-electron chi connectivity index (χ4n) is 1.02. The minimum Gasteiger partial charge on any atom is -0.157 e. The van der Waals surface area contributed by atoms with Crippen LogP contribution < -0.4 is 0 Å². The third kappa shape index (κ3) is 1.64. The lowest BCUT2D eigenvalue weighted by Gasteiger charge is -2.00. The van der Waals surface area contributed by atoms with Crippen LogP contribution in [0.3, 0.4) is 0 Å². The van der Waals surface area contributed by atoms with Gasteiger partial charge in [-0.05, 0) is 28.1 Å². The molecule has 1 aromatic carbocycles. The average Bonchev–Trinajstić information content (AvgIpc) is 2.09. The Morgan fingerprint density at radius 3 is 2.69 bits per heavy atom. The smallest absolute Gasteiger partial charge is 0.0956 e. The number of halogens is 3. The zero-order valence-electron chi connectivity index (χ0n) is 6.26. The van der Waals surface area contributed by atoms with Crippen molar-refractivity contribution in [3.8, 4) is 0 Å². The summed E-state index contributed by atoms with van der Waals surface area (Å²) in [6, 6.07) is 3.55. The highest BCUT2D eigenvalue weighted by atomic mass is 79.9. The molecule has 1 heterocycles. The van der Waals surface area contributed by atoms with Crippen LogP contribution in [0.2, 0.25) is 10.0 Å². The SMILES string of the molecule is Clc1cc2c(Cl)cnnc2cc1Br. The van der Waals surface area contributed by atoms with Crippen molar-refractivity contribution in [2.75, 3.05) is 0 Å². The second-order valence-corrected chi connectivity index (χ2v) is 4.14. The van der Waals surface area contributed by atoms with Crippen LogP contribution in [0.4, 0.5) is 0 Å². The van der Waals surface area contributed by atoms with Gasteiger partial charge in [-0.1, -0.05) is 23.2 Å². The number of fused-ring (bicyclic) bond motifs is 1. The van der Waals surface area contributed by atoms with Crippen molar-refractivity contribution in [1.82, 2.24) is 10.2 Å². The van der Waals surface area contributed by atoms with Gasteiger partial charge in [0.15, 0.2) is 0 Å². The first-order valence-corrected chi connectivity index (χ1v) is 4.99. The van der Waals surface area contributed by atoms with Crippen LogP contribution in [-0.4, -0.2) is 10.2 Å². The highest BCUT2D eigenvalue weighted by molar-refractivity contribution is 9.10. The third-order valence-corrected chi connectivity index (χ3v) is 3.13. The van der Waals surface area contributed by atoms with E-state index in [-0.39, 0.29) is 0 Å². The minimum atomic E-state index is 0.555. The van der Waals surface area contributed by atoms with E-state index in [1.807, 2.05) is 0 Å². The maximum Gasteiger partial charge on any atom is 0.0956 e. The Morgan fingerprint density at radius 1 is 1.15 bits per heavy atom. The molecule has 0 aliphatic heterocycles. The van der Waals surface area contributed by atoms with Crippen LogP contribution in [0.1, 0.15) is 0 Å². The van der Waals surface area contributed by atoms with E-state index < -0.39 is 0 Å². The van der Waals surface area contributed by atoms with Gasteiger partial charge < -0.3 is 0 Å². The van der Waals surface area contributed by atoms with E-state index in [9.17, 15) is 0 Å². The van der Waals surface area contributed by atoms with Crippen molar-refractivity contribution in [3.63, 3.8) is 0 Å². The molecule has 1 aromatic heterocycles. The minimum absolute atomic E-state index is 0.555. The molecule has 66 valence electrons. The van der Waals surface area contributed by atoms with E-state index in [1.165, 1.54) is 6.20 Å². The summed E-state index contributed by atoms with van der Waals surface area (Å²) in [5, 5.41) is 9.64. The normalized spacial score (nSPS) is 10.7. The molecule has 2 aromatic rings. The van der Waals surface area contributed by atoms with Crippen molar-refractivity contribution in [1.29, 1.82) is 0 Å². The zero-order valence-corrected chi connectivity index (χ0v) is 9.36. The molecular weight excluding hydrogens is 275 g/mol. The van der Waals surface area contributed by atoms with Crippen LogP contribution in [-0.2, 0) is 0 Å². The number of aromatic nitrogens is 2. The molecule has 0 atom stereocenters. The molecule has 0 unspecified atom stereocenters. The van der Waals surface area contributed by atoms with E-state index in [2.05, 4.69) is 26.1 Å². The maximum atomic E-state index is 5.91. The van der Waals surface area contributed by atoms with Crippen LogP contribution in [0, 0.1) is 0 Å². The molecule has 0 N–H and O–H groups in total. The number of nitrogens with zero attached hydrogens (tertiary/aromatic N) is 2. The third-order valence-electron chi connectivity index (χ3n) is 1.63. The first-order valence-electron chi connectivity index (χ1n) is 3.44. The van der Waals surface area contributed by atoms with E-state index in [4.69, 9.17) is 23.2 Å². The van der Waals surface area contributed by atoms with E-state index >= 15 is 0 Å². The molecule has 0 fully saturated rings. The van der Waals surface area contributed by atoms with Crippen molar-refractivity contribution in [2.45, 2.75) is 0 Å². The lowest BCUT2D eigenvalue weighted by atomic mass is 10.2. The Labute approximate surface area is 93.0 Å². The second kappa shape index (κ2) is 3.40. The van der Waals surface area contributed by atoms with Crippen molar-refractivity contribution < 1.29 is 0 Å². The molecule has 13 heavy (non-hydrogen) atoms. The summed E-state index contributed by atoms with van der Waals surface area (Å²) in [6.45, 7) is 0. The Kier molecular flexibility index (Phi) is 2.41. The predicted molar refractivity (Wildman–Crippen MR) is 57.3 cm³/mol. The quantitative estimate of drug-likeness (QED) is 0.734. The molecule has 0 spiro atoms. The fourth-order valence-corrected chi connectivity index (χ4v) is 1.71. The monoisotopic (exact) mass is 276 g/mol. The van der Waals surface area contributed by atoms with Crippen LogP contribution in [0.5, 0.6) is 0 Å². The van der Waals surface area contributed by atoms with Gasteiger partial charge in [0, 0.05) is 9.86 Å². The molecule has 2 nitrogen and oxygen atoms in total. The molecule has 0 bridgehead atoms. The van der Waals surface area contributed by atoms with Gasteiger partial charge in [-0.15, -0.1) is 0 Å². The summed E-state index contributed by atoms with van der Waals surface area (Å²) in [5.74, 6) is 0. The average molecular weight is 278 g/mol. The maximum absolute atomic E-state index is 5.91. The Hall–Kier alpha value is -0.380. The first kappa shape index (κ1) is 9.19. The number of hydrogen-bond donors (Lipinski definition) is 0. The summed E-state index contributed by atoms with van der Waals surface area (Å²) < 4.78 is 0.790. The van der Waals surface area contributed by atoms with Crippen molar-refractivity contribution >= 4 is 50.0 Å². The van der Waals surface area contributed by atoms with Crippen LogP contribution in [0.25, 0.3) is 10.9 Å². The molecule has 0 amide bonds. The van der Waals surface area contributed by atoms with Crippen molar-refractivity contribution in [3.05, 3.63) is 32.8 Å². The van der Waals surface area contributed by atoms with Gasteiger partial charge in [0.25, 0.3) is 0 Å². The Bertz CT molecular complexity index is 473. The largest absolute Gasteiger partial charge is 0.157 e. The van der Waals surface area contributed by atoms with Gasteiger partial charge in [-0.2, -0.15) is 10.2 Å². The van der Waals surface area contributed by atoms with Gasteiger partial charge >= 0.3 is 0 Å². The molecule has 0 radical (unpaired) electrons. The topological polar surface area (TPSA) is 25.8 Å². The number of hydrogen-bond acceptors (Lipinski definition) is 2. The van der Waals surface area contributed by atoms with Gasteiger partial charge in [0.2, 0.25) is 0 Å². The molecule has 5 heteroatoms. The summed E-state index contributed by atoms with van der Waals surface area (Å²) in [7, 11) is 0. The summed E-state index contributed by atoms with van der Waals surface area (Å²) in [5.41, 5.74) is 0.726. The van der Waals surface area contributed by atoms with Crippen LogP contribution in [0.15, 0.2) is 22.8 Å². The Balaban J connectivity index is 2.89. The fraction of sp³-hybridized carbons (Fsp3) is 0. The highest BCUT2D eigenvalue weighted by Gasteiger charge is 2.04. The van der Waals surface area contributed by atoms with Gasteiger partial charge in [-0.25, -0.2) is 0 Å². The molecule has 2 rings (SSSR count). The Morgan fingerprint density at radius 2 is 1.92 bits per heavy atom. The molecule has 0 saturated heterocycles. The van der Waals surface area contributed by atoms with Crippen molar-refractivity contribution in [2.24, 2.45) is 0 Å². The van der Waals surface area contributed by atoms with Gasteiger partial charge in [-0.3, -0.25) is 0 Å². The summed E-state index contributed by atoms with van der Waals surface area (Å²) in [4.78, 5) is 0.